The maximum atomic E-state index is 6.11. The molecular weight excluding hydrogens is 344 g/mol. The van der Waals surface area contributed by atoms with Crippen molar-refractivity contribution in [2.75, 3.05) is 5.32 Å². The fourth-order valence-electron chi connectivity index (χ4n) is 1.64. The summed E-state index contributed by atoms with van der Waals surface area (Å²) in [5, 5.41) is 4.08. The lowest BCUT2D eigenvalue weighted by atomic mass is 10.2. The van der Waals surface area contributed by atoms with Gasteiger partial charge in [-0.1, -0.05) is 42.0 Å². The molecule has 98 valence electrons. The predicted octanol–water partition coefficient (Wildman–Crippen LogP) is 4.35. The zero-order valence-electron chi connectivity index (χ0n) is 9.99. The molecule has 2 aromatic carbocycles. The Bertz CT molecular complexity index is 616. The first-order valence-corrected chi connectivity index (χ1v) is 7.22. The minimum absolute atomic E-state index is 0.387. The van der Waals surface area contributed by atoms with Gasteiger partial charge in [0, 0.05) is 27.3 Å². The molecule has 2 rings (SSSR count). The summed E-state index contributed by atoms with van der Waals surface area (Å²) < 4.78 is 0.921. The molecule has 19 heavy (non-hydrogen) atoms. The summed E-state index contributed by atoms with van der Waals surface area (Å²) in [6.07, 6.45) is 0. The van der Waals surface area contributed by atoms with Crippen molar-refractivity contribution in [3.8, 4) is 0 Å². The van der Waals surface area contributed by atoms with E-state index in [1.807, 2.05) is 42.5 Å². The van der Waals surface area contributed by atoms with Crippen LogP contribution < -0.4 is 11.1 Å². The highest BCUT2D eigenvalue weighted by atomic mass is 79.9. The van der Waals surface area contributed by atoms with Crippen LogP contribution in [0.25, 0.3) is 0 Å². The zero-order chi connectivity index (χ0) is 13.8. The van der Waals surface area contributed by atoms with Crippen LogP contribution in [0.3, 0.4) is 0 Å². The van der Waals surface area contributed by atoms with Crippen LogP contribution in [0.15, 0.2) is 46.9 Å². The number of halogens is 2. The van der Waals surface area contributed by atoms with Gasteiger partial charge in [-0.15, -0.1) is 0 Å². The summed E-state index contributed by atoms with van der Waals surface area (Å²) in [7, 11) is 0. The van der Waals surface area contributed by atoms with Gasteiger partial charge in [0.2, 0.25) is 0 Å². The second kappa shape index (κ2) is 6.37. The number of thiocarbonyl (C=S) groups is 1. The molecule has 0 aliphatic carbocycles. The van der Waals surface area contributed by atoms with Gasteiger partial charge in [-0.05, 0) is 45.8 Å². The van der Waals surface area contributed by atoms with E-state index in [0.29, 0.717) is 11.5 Å². The molecule has 0 amide bonds. The van der Waals surface area contributed by atoms with Gasteiger partial charge in [0.05, 0.1) is 0 Å². The van der Waals surface area contributed by atoms with Crippen LogP contribution in [0.2, 0.25) is 5.02 Å². The Kier molecular flexibility index (Phi) is 4.80. The molecule has 0 atom stereocenters. The average Bonchev–Trinajstić information content (AvgIpc) is 2.39. The van der Waals surface area contributed by atoms with Crippen molar-refractivity contribution in [3.05, 3.63) is 63.1 Å². The van der Waals surface area contributed by atoms with Crippen molar-refractivity contribution in [2.45, 2.75) is 6.54 Å². The minimum atomic E-state index is 0.387. The van der Waals surface area contributed by atoms with Crippen LogP contribution in [0.4, 0.5) is 5.69 Å². The fourth-order valence-corrected chi connectivity index (χ4v) is 2.49. The first-order valence-electron chi connectivity index (χ1n) is 5.64. The molecule has 0 radical (unpaired) electrons. The number of nitrogens with two attached hydrogens (primary N) is 1. The van der Waals surface area contributed by atoms with Crippen LogP contribution in [0.5, 0.6) is 0 Å². The molecule has 3 N–H and O–H groups in total. The van der Waals surface area contributed by atoms with Gasteiger partial charge < -0.3 is 11.1 Å². The minimum Gasteiger partial charge on any atom is -0.389 e. The number of anilines is 1. The van der Waals surface area contributed by atoms with Crippen LogP contribution in [0, 0.1) is 0 Å². The SMILES string of the molecule is NC(=S)c1ccc(NCc2ccccc2Cl)c(Br)c1. The van der Waals surface area contributed by atoms with Crippen molar-refractivity contribution in [3.63, 3.8) is 0 Å². The quantitative estimate of drug-likeness (QED) is 0.801. The molecule has 2 nitrogen and oxygen atoms in total. The molecule has 0 aliphatic rings. The molecule has 0 aromatic heterocycles. The van der Waals surface area contributed by atoms with E-state index >= 15 is 0 Å². The van der Waals surface area contributed by atoms with Crippen molar-refractivity contribution in [1.29, 1.82) is 0 Å². The molecule has 0 aliphatic heterocycles. The number of hydrogen-bond donors (Lipinski definition) is 2. The number of nitrogens with one attached hydrogen (secondary N) is 1. The van der Waals surface area contributed by atoms with E-state index in [2.05, 4.69) is 21.2 Å². The van der Waals surface area contributed by atoms with E-state index in [4.69, 9.17) is 29.6 Å². The fraction of sp³-hybridized carbons (Fsp3) is 0.0714. The van der Waals surface area contributed by atoms with Gasteiger partial charge in [0.15, 0.2) is 0 Å². The second-order valence-electron chi connectivity index (χ2n) is 4.00. The van der Waals surface area contributed by atoms with Crippen LogP contribution in [0.1, 0.15) is 11.1 Å². The van der Waals surface area contributed by atoms with Gasteiger partial charge in [-0.3, -0.25) is 0 Å². The lowest BCUT2D eigenvalue weighted by molar-refractivity contribution is 1.15. The zero-order valence-corrected chi connectivity index (χ0v) is 13.1. The molecule has 0 fully saturated rings. The van der Waals surface area contributed by atoms with E-state index in [0.717, 1.165) is 26.3 Å². The Balaban J connectivity index is 2.12. The van der Waals surface area contributed by atoms with Crippen LogP contribution in [-0.2, 0) is 6.54 Å². The van der Waals surface area contributed by atoms with E-state index in [1.165, 1.54) is 0 Å². The Hall–Kier alpha value is -1.10. The predicted molar refractivity (Wildman–Crippen MR) is 88.8 cm³/mol. The maximum Gasteiger partial charge on any atom is 0.104 e. The van der Waals surface area contributed by atoms with E-state index in [-0.39, 0.29) is 0 Å². The lowest BCUT2D eigenvalue weighted by Crippen LogP contribution is -2.09. The van der Waals surface area contributed by atoms with Gasteiger partial charge in [0.25, 0.3) is 0 Å². The van der Waals surface area contributed by atoms with Gasteiger partial charge in [0.1, 0.15) is 4.99 Å². The average molecular weight is 356 g/mol. The molecule has 0 saturated heterocycles. The van der Waals surface area contributed by atoms with Crippen LogP contribution in [-0.4, -0.2) is 4.99 Å². The topological polar surface area (TPSA) is 38.0 Å². The summed E-state index contributed by atoms with van der Waals surface area (Å²) in [5.41, 5.74) is 8.45. The van der Waals surface area contributed by atoms with Crippen molar-refractivity contribution >= 4 is 50.4 Å². The summed E-state index contributed by atoms with van der Waals surface area (Å²) in [6.45, 7) is 0.657. The first-order chi connectivity index (χ1) is 9.08. The van der Waals surface area contributed by atoms with Crippen molar-refractivity contribution in [2.24, 2.45) is 5.73 Å². The lowest BCUT2D eigenvalue weighted by Gasteiger charge is -2.11. The van der Waals surface area contributed by atoms with Gasteiger partial charge >= 0.3 is 0 Å². The highest BCUT2D eigenvalue weighted by molar-refractivity contribution is 9.10. The van der Waals surface area contributed by atoms with Crippen molar-refractivity contribution < 1.29 is 0 Å². The normalized spacial score (nSPS) is 10.2. The molecule has 0 saturated carbocycles. The highest BCUT2D eigenvalue weighted by Crippen LogP contribution is 2.25. The smallest absolute Gasteiger partial charge is 0.104 e. The molecule has 0 spiro atoms. The number of rotatable bonds is 4. The van der Waals surface area contributed by atoms with E-state index in [9.17, 15) is 0 Å². The molecule has 0 unspecified atom stereocenters. The third-order valence-corrected chi connectivity index (χ3v) is 3.94. The molecule has 5 heteroatoms. The Morgan fingerprint density at radius 3 is 2.63 bits per heavy atom. The summed E-state index contributed by atoms with van der Waals surface area (Å²) >= 11 is 14.6. The third kappa shape index (κ3) is 3.69. The largest absolute Gasteiger partial charge is 0.389 e. The summed E-state index contributed by atoms with van der Waals surface area (Å²) in [4.78, 5) is 0.387. The first kappa shape index (κ1) is 14.3. The number of benzene rings is 2. The standard InChI is InChI=1S/C14H12BrClN2S/c15-11-7-9(14(17)19)5-6-13(11)18-8-10-3-1-2-4-12(10)16/h1-7,18H,8H2,(H2,17,19). The Labute approximate surface area is 131 Å². The molecular formula is C14H12BrClN2S. The molecule has 0 bridgehead atoms. The third-order valence-electron chi connectivity index (χ3n) is 2.68. The Morgan fingerprint density at radius 2 is 2.00 bits per heavy atom. The maximum absolute atomic E-state index is 6.11. The molecule has 0 heterocycles. The van der Waals surface area contributed by atoms with E-state index < -0.39 is 0 Å². The van der Waals surface area contributed by atoms with Gasteiger partial charge in [-0.2, -0.15) is 0 Å². The Morgan fingerprint density at radius 1 is 1.26 bits per heavy atom. The van der Waals surface area contributed by atoms with Crippen LogP contribution >= 0.6 is 39.7 Å². The summed E-state index contributed by atoms with van der Waals surface area (Å²) in [6, 6.07) is 13.5. The second-order valence-corrected chi connectivity index (χ2v) is 5.71. The highest BCUT2D eigenvalue weighted by Gasteiger charge is 2.04. The van der Waals surface area contributed by atoms with Crippen molar-refractivity contribution in [1.82, 2.24) is 0 Å². The summed E-state index contributed by atoms with van der Waals surface area (Å²) in [5.74, 6) is 0. The number of hydrogen-bond acceptors (Lipinski definition) is 2. The monoisotopic (exact) mass is 354 g/mol. The van der Waals surface area contributed by atoms with E-state index in [1.54, 1.807) is 0 Å². The van der Waals surface area contributed by atoms with Gasteiger partial charge in [-0.25, -0.2) is 0 Å². The molecule has 2 aromatic rings.